The molecule has 0 N–H and O–H groups in total. The zero-order chi connectivity index (χ0) is 15.6. The van der Waals surface area contributed by atoms with Crippen LogP contribution in [0.2, 0.25) is 0 Å². The molecule has 0 spiro atoms. The van der Waals surface area contributed by atoms with Gasteiger partial charge in [0.1, 0.15) is 0 Å². The van der Waals surface area contributed by atoms with Crippen LogP contribution >= 0.6 is 0 Å². The average molecular weight is 294 g/mol. The van der Waals surface area contributed by atoms with Crippen LogP contribution in [-0.4, -0.2) is 0 Å². The van der Waals surface area contributed by atoms with Gasteiger partial charge in [-0.05, 0) is 30.0 Å². The number of unbranched alkanes of at least 4 members (excludes halogenated alkanes) is 5. The van der Waals surface area contributed by atoms with Crippen molar-refractivity contribution in [1.82, 2.24) is 0 Å². The van der Waals surface area contributed by atoms with Gasteiger partial charge in [-0.15, -0.1) is 0 Å². The van der Waals surface area contributed by atoms with E-state index in [9.17, 15) is 0 Å². The standard InChI is InChI=1S/C22H30/c1-3-4-5-6-7-11-18-22(20-15-9-8-10-16-20)21-17-13-12-14-19(21)2/h8-10,12-17,22H,3-7,11,18H2,1-2H3. The first-order valence-electron chi connectivity index (χ1n) is 8.93. The minimum absolute atomic E-state index is 0.550. The SMILES string of the molecule is CCCCCCCCC(c1ccccc1)c1ccccc1C. The molecule has 0 aliphatic rings. The molecule has 1 unspecified atom stereocenters. The molecule has 0 aliphatic carbocycles. The molecule has 0 aliphatic heterocycles. The summed E-state index contributed by atoms with van der Waals surface area (Å²) in [6, 6.07) is 19.9. The lowest BCUT2D eigenvalue weighted by atomic mass is 9.84. The van der Waals surface area contributed by atoms with Crippen LogP contribution in [0, 0.1) is 6.92 Å². The number of aryl methyl sites for hydroxylation is 1. The molecular weight excluding hydrogens is 264 g/mol. The summed E-state index contributed by atoms with van der Waals surface area (Å²) >= 11 is 0. The fourth-order valence-corrected chi connectivity index (χ4v) is 3.29. The van der Waals surface area contributed by atoms with Crippen LogP contribution < -0.4 is 0 Å². The van der Waals surface area contributed by atoms with E-state index in [0.29, 0.717) is 5.92 Å². The molecule has 0 saturated carbocycles. The summed E-state index contributed by atoms with van der Waals surface area (Å²) in [5, 5.41) is 0. The quantitative estimate of drug-likeness (QED) is 0.442. The third kappa shape index (κ3) is 5.02. The zero-order valence-corrected chi connectivity index (χ0v) is 14.2. The summed E-state index contributed by atoms with van der Waals surface area (Å²) in [4.78, 5) is 0. The lowest BCUT2D eigenvalue weighted by Crippen LogP contribution is -2.03. The number of hydrogen-bond donors (Lipinski definition) is 0. The maximum absolute atomic E-state index is 2.31. The van der Waals surface area contributed by atoms with E-state index in [1.54, 1.807) is 0 Å². The summed E-state index contributed by atoms with van der Waals surface area (Å²) in [5.41, 5.74) is 4.38. The minimum atomic E-state index is 0.550. The van der Waals surface area contributed by atoms with Crippen molar-refractivity contribution in [3.63, 3.8) is 0 Å². The summed E-state index contributed by atoms with van der Waals surface area (Å²) in [6.45, 7) is 4.52. The summed E-state index contributed by atoms with van der Waals surface area (Å²) < 4.78 is 0. The van der Waals surface area contributed by atoms with Crippen LogP contribution in [0.4, 0.5) is 0 Å². The van der Waals surface area contributed by atoms with Crippen molar-refractivity contribution < 1.29 is 0 Å². The molecule has 2 aromatic carbocycles. The van der Waals surface area contributed by atoms with Gasteiger partial charge in [0.25, 0.3) is 0 Å². The molecule has 1 atom stereocenters. The molecule has 0 heteroatoms. The topological polar surface area (TPSA) is 0 Å². The van der Waals surface area contributed by atoms with E-state index in [2.05, 4.69) is 68.4 Å². The molecule has 2 rings (SSSR count). The summed E-state index contributed by atoms with van der Waals surface area (Å²) in [6.07, 6.45) is 9.48. The molecular formula is C22H30. The Morgan fingerprint density at radius 1 is 0.727 bits per heavy atom. The predicted octanol–water partition coefficient (Wildman–Crippen LogP) is 6.88. The second kappa shape index (κ2) is 9.46. The van der Waals surface area contributed by atoms with Gasteiger partial charge in [0.15, 0.2) is 0 Å². The molecule has 0 radical (unpaired) electrons. The molecule has 0 heterocycles. The van der Waals surface area contributed by atoms with Gasteiger partial charge in [-0.3, -0.25) is 0 Å². The average Bonchev–Trinajstić information content (AvgIpc) is 2.56. The Balaban J connectivity index is 2.02. The van der Waals surface area contributed by atoms with Crippen molar-refractivity contribution in [3.8, 4) is 0 Å². The lowest BCUT2D eigenvalue weighted by molar-refractivity contribution is 0.567. The van der Waals surface area contributed by atoms with Crippen molar-refractivity contribution in [1.29, 1.82) is 0 Å². The van der Waals surface area contributed by atoms with Crippen molar-refractivity contribution in [2.24, 2.45) is 0 Å². The first-order chi connectivity index (χ1) is 10.8. The highest BCUT2D eigenvalue weighted by molar-refractivity contribution is 5.37. The van der Waals surface area contributed by atoms with Crippen LogP contribution in [0.5, 0.6) is 0 Å². The minimum Gasteiger partial charge on any atom is -0.0654 e. The Labute approximate surface area is 136 Å². The van der Waals surface area contributed by atoms with Crippen LogP contribution in [0.25, 0.3) is 0 Å². The van der Waals surface area contributed by atoms with Crippen LogP contribution in [0.3, 0.4) is 0 Å². The summed E-state index contributed by atoms with van der Waals surface area (Å²) in [5.74, 6) is 0.550. The third-order valence-electron chi connectivity index (χ3n) is 4.61. The molecule has 0 nitrogen and oxygen atoms in total. The molecule has 118 valence electrons. The van der Waals surface area contributed by atoms with E-state index in [1.165, 1.54) is 61.6 Å². The normalized spacial score (nSPS) is 12.3. The van der Waals surface area contributed by atoms with Gasteiger partial charge in [-0.25, -0.2) is 0 Å². The third-order valence-corrected chi connectivity index (χ3v) is 4.61. The number of rotatable bonds is 9. The Bertz CT molecular complexity index is 527. The fourth-order valence-electron chi connectivity index (χ4n) is 3.29. The Morgan fingerprint density at radius 3 is 2.09 bits per heavy atom. The largest absolute Gasteiger partial charge is 0.0654 e. The van der Waals surface area contributed by atoms with Gasteiger partial charge in [0.2, 0.25) is 0 Å². The van der Waals surface area contributed by atoms with Gasteiger partial charge < -0.3 is 0 Å². The highest BCUT2D eigenvalue weighted by atomic mass is 14.2. The van der Waals surface area contributed by atoms with Gasteiger partial charge in [-0.1, -0.05) is 100 Å². The number of benzene rings is 2. The maximum atomic E-state index is 2.31. The maximum Gasteiger partial charge on any atom is 0.00919 e. The Hall–Kier alpha value is -1.56. The van der Waals surface area contributed by atoms with Crippen molar-refractivity contribution >= 4 is 0 Å². The molecule has 0 fully saturated rings. The fraction of sp³-hybridized carbons (Fsp3) is 0.455. The van der Waals surface area contributed by atoms with Crippen molar-refractivity contribution in [3.05, 3.63) is 71.3 Å². The smallest absolute Gasteiger partial charge is 0.00919 e. The highest BCUT2D eigenvalue weighted by Crippen LogP contribution is 2.32. The van der Waals surface area contributed by atoms with E-state index in [4.69, 9.17) is 0 Å². The Kier molecular flexibility index (Phi) is 7.22. The summed E-state index contributed by atoms with van der Waals surface area (Å²) in [7, 11) is 0. The van der Waals surface area contributed by atoms with Gasteiger partial charge >= 0.3 is 0 Å². The van der Waals surface area contributed by atoms with Crippen LogP contribution in [0.1, 0.15) is 74.5 Å². The van der Waals surface area contributed by atoms with Crippen LogP contribution in [-0.2, 0) is 0 Å². The molecule has 0 saturated heterocycles. The molecule has 2 aromatic rings. The van der Waals surface area contributed by atoms with Crippen molar-refractivity contribution in [2.75, 3.05) is 0 Å². The second-order valence-corrected chi connectivity index (χ2v) is 6.38. The Morgan fingerprint density at radius 2 is 1.36 bits per heavy atom. The molecule has 0 amide bonds. The van der Waals surface area contributed by atoms with Gasteiger partial charge in [-0.2, -0.15) is 0 Å². The van der Waals surface area contributed by atoms with E-state index in [1.807, 2.05) is 0 Å². The van der Waals surface area contributed by atoms with E-state index in [0.717, 1.165) is 0 Å². The monoisotopic (exact) mass is 294 g/mol. The van der Waals surface area contributed by atoms with Crippen molar-refractivity contribution in [2.45, 2.75) is 64.7 Å². The highest BCUT2D eigenvalue weighted by Gasteiger charge is 2.15. The molecule has 0 bridgehead atoms. The van der Waals surface area contributed by atoms with Crippen LogP contribution in [0.15, 0.2) is 54.6 Å². The van der Waals surface area contributed by atoms with E-state index >= 15 is 0 Å². The lowest BCUT2D eigenvalue weighted by Gasteiger charge is -2.20. The van der Waals surface area contributed by atoms with Gasteiger partial charge in [0.05, 0.1) is 0 Å². The predicted molar refractivity (Wildman–Crippen MR) is 97.5 cm³/mol. The number of hydrogen-bond acceptors (Lipinski definition) is 0. The van der Waals surface area contributed by atoms with E-state index in [-0.39, 0.29) is 0 Å². The molecule has 0 aromatic heterocycles. The first kappa shape index (κ1) is 16.8. The first-order valence-corrected chi connectivity index (χ1v) is 8.93. The second-order valence-electron chi connectivity index (χ2n) is 6.38. The van der Waals surface area contributed by atoms with E-state index < -0.39 is 0 Å². The van der Waals surface area contributed by atoms with Gasteiger partial charge in [0, 0.05) is 5.92 Å². The molecule has 22 heavy (non-hydrogen) atoms. The zero-order valence-electron chi connectivity index (χ0n) is 14.2.